The first-order chi connectivity index (χ1) is 19.5. The first-order valence-corrected chi connectivity index (χ1v) is 12.4. The van der Waals surface area contributed by atoms with Crippen LogP contribution in [0.2, 0.25) is 0 Å². The van der Waals surface area contributed by atoms with E-state index in [1.54, 1.807) is 67.8 Å². The van der Waals surface area contributed by atoms with Crippen LogP contribution in [0.1, 0.15) is 37.5 Å². The number of methoxy groups -OCH3 is 2. The van der Waals surface area contributed by atoms with E-state index in [0.29, 0.717) is 22.6 Å². The molecule has 40 heavy (non-hydrogen) atoms. The van der Waals surface area contributed by atoms with E-state index < -0.39 is 11.6 Å². The van der Waals surface area contributed by atoms with Crippen LogP contribution in [0.5, 0.6) is 23.0 Å². The fraction of sp³-hybridized carbons (Fsp3) is 0.0938. The highest BCUT2D eigenvalue weighted by atomic mass is 16.5. The summed E-state index contributed by atoms with van der Waals surface area (Å²) in [5, 5.41) is 17.9. The van der Waals surface area contributed by atoms with E-state index in [1.165, 1.54) is 13.2 Å². The number of hydrogen-bond acceptors (Lipinski definition) is 7. The van der Waals surface area contributed by atoms with Crippen molar-refractivity contribution in [3.63, 3.8) is 0 Å². The number of carbonyl (C=O) groups excluding carboxylic acids is 2. The number of H-pyrrole nitrogens is 1. The minimum absolute atomic E-state index is 0.0672. The summed E-state index contributed by atoms with van der Waals surface area (Å²) in [5.41, 5.74) is 2.04. The van der Waals surface area contributed by atoms with Crippen LogP contribution in [0.4, 0.5) is 0 Å². The summed E-state index contributed by atoms with van der Waals surface area (Å²) in [6, 6.07) is 27.6. The molecule has 0 saturated heterocycles. The number of carbonyl (C=O) groups is 2. The Morgan fingerprint density at radius 1 is 0.750 bits per heavy atom. The molecule has 0 aliphatic carbocycles. The predicted molar refractivity (Wildman–Crippen MR) is 149 cm³/mol. The highest BCUT2D eigenvalue weighted by Gasteiger charge is 2.30. The zero-order chi connectivity index (χ0) is 28.1. The second-order valence-corrected chi connectivity index (χ2v) is 8.86. The molecular weight excluding hydrogens is 508 g/mol. The fourth-order valence-electron chi connectivity index (χ4n) is 4.30. The number of rotatable bonds is 10. The molecule has 200 valence electrons. The summed E-state index contributed by atoms with van der Waals surface area (Å²) >= 11 is 0. The third-order valence-corrected chi connectivity index (χ3v) is 6.40. The molecule has 8 heteroatoms. The number of nitrogens with zero attached hydrogens (tertiary/aromatic N) is 1. The largest absolute Gasteiger partial charge is 0.507 e. The van der Waals surface area contributed by atoms with Gasteiger partial charge in [-0.3, -0.25) is 14.7 Å². The van der Waals surface area contributed by atoms with Gasteiger partial charge in [0, 0.05) is 11.1 Å². The lowest BCUT2D eigenvalue weighted by atomic mass is 9.94. The average Bonchev–Trinajstić information content (AvgIpc) is 3.45. The first-order valence-electron chi connectivity index (χ1n) is 12.4. The van der Waals surface area contributed by atoms with Crippen LogP contribution >= 0.6 is 0 Å². The summed E-state index contributed by atoms with van der Waals surface area (Å²) in [5.74, 6) is 0.0622. The number of phenolic OH excluding ortho intramolecular Hbond substituents is 1. The second kappa shape index (κ2) is 11.6. The molecule has 1 heterocycles. The van der Waals surface area contributed by atoms with Gasteiger partial charge in [-0.2, -0.15) is 5.10 Å². The molecule has 0 bridgehead atoms. The van der Waals surface area contributed by atoms with Crippen molar-refractivity contribution in [1.82, 2.24) is 10.2 Å². The highest BCUT2D eigenvalue weighted by molar-refractivity contribution is 6.22. The van der Waals surface area contributed by atoms with Crippen molar-refractivity contribution in [1.29, 1.82) is 0 Å². The number of ether oxygens (including phenoxy) is 3. The molecular formula is C32H26N2O6. The average molecular weight is 535 g/mol. The van der Waals surface area contributed by atoms with Crippen LogP contribution in [0, 0.1) is 0 Å². The van der Waals surface area contributed by atoms with Gasteiger partial charge in [0.25, 0.3) is 0 Å². The maximum Gasteiger partial charge on any atom is 0.219 e. The normalized spacial score (nSPS) is 10.7. The molecule has 5 aromatic rings. The monoisotopic (exact) mass is 534 g/mol. The molecule has 0 atom stereocenters. The molecule has 8 nitrogen and oxygen atoms in total. The molecule has 0 amide bonds. The lowest BCUT2D eigenvalue weighted by Crippen LogP contribution is -2.12. The number of hydrogen-bond donors (Lipinski definition) is 2. The van der Waals surface area contributed by atoms with E-state index >= 15 is 0 Å². The van der Waals surface area contributed by atoms with E-state index in [0.717, 1.165) is 5.56 Å². The summed E-state index contributed by atoms with van der Waals surface area (Å²) < 4.78 is 16.4. The van der Waals surface area contributed by atoms with E-state index in [-0.39, 0.29) is 40.6 Å². The Hall–Kier alpha value is -5.37. The standard InChI is InChI=1S/C32H26N2O6/c1-38-23-15-11-21(12-16-23)29-28(31(36)22-13-17-24(39-2)18-14-22)30(34-33-29)32(37)27-25(35)9-6-10-26(27)40-19-20-7-4-3-5-8-20/h3-18,35H,19H2,1-2H3,(H,33,34). The van der Waals surface area contributed by atoms with Crippen molar-refractivity contribution in [2.24, 2.45) is 0 Å². The third-order valence-electron chi connectivity index (χ3n) is 6.40. The SMILES string of the molecule is COc1ccc(C(=O)c2c(-c3ccc(OC)cc3)n[nH]c2C(=O)c2c(O)cccc2OCc2ccccc2)cc1. The zero-order valence-corrected chi connectivity index (χ0v) is 21.9. The van der Waals surface area contributed by atoms with Gasteiger partial charge < -0.3 is 19.3 Å². The van der Waals surface area contributed by atoms with Crippen molar-refractivity contribution in [3.05, 3.63) is 125 Å². The maximum absolute atomic E-state index is 14.0. The number of phenols is 1. The number of nitrogens with one attached hydrogen (secondary N) is 1. The maximum atomic E-state index is 14.0. The predicted octanol–water partition coefficient (Wildman–Crippen LogP) is 5.84. The molecule has 0 unspecified atom stereocenters. The molecule has 0 aliphatic heterocycles. The number of aromatic amines is 1. The van der Waals surface area contributed by atoms with E-state index in [4.69, 9.17) is 14.2 Å². The Balaban J connectivity index is 1.59. The van der Waals surface area contributed by atoms with Crippen LogP contribution in [0.3, 0.4) is 0 Å². The van der Waals surface area contributed by atoms with Crippen LogP contribution < -0.4 is 14.2 Å². The number of ketones is 2. The van der Waals surface area contributed by atoms with Crippen molar-refractivity contribution >= 4 is 11.6 Å². The van der Waals surface area contributed by atoms with Crippen LogP contribution in [0.15, 0.2) is 97.1 Å². The van der Waals surface area contributed by atoms with Gasteiger partial charge in [0.1, 0.15) is 46.6 Å². The Morgan fingerprint density at radius 3 is 2.05 bits per heavy atom. The highest BCUT2D eigenvalue weighted by Crippen LogP contribution is 2.34. The molecule has 0 radical (unpaired) electrons. The second-order valence-electron chi connectivity index (χ2n) is 8.86. The van der Waals surface area contributed by atoms with Crippen LogP contribution in [0.25, 0.3) is 11.3 Å². The Bertz CT molecular complexity index is 1640. The van der Waals surface area contributed by atoms with Gasteiger partial charge in [0.15, 0.2) is 5.78 Å². The van der Waals surface area contributed by atoms with E-state index in [9.17, 15) is 14.7 Å². The van der Waals surface area contributed by atoms with Gasteiger partial charge >= 0.3 is 0 Å². The lowest BCUT2D eigenvalue weighted by molar-refractivity contribution is 0.0997. The molecule has 2 N–H and O–H groups in total. The molecule has 5 rings (SSSR count). The van der Waals surface area contributed by atoms with Gasteiger partial charge in [-0.25, -0.2) is 0 Å². The number of aromatic nitrogens is 2. The van der Waals surface area contributed by atoms with E-state index in [2.05, 4.69) is 10.2 Å². The fourth-order valence-corrected chi connectivity index (χ4v) is 4.30. The van der Waals surface area contributed by atoms with Crippen molar-refractivity contribution < 1.29 is 28.9 Å². The van der Waals surface area contributed by atoms with Gasteiger partial charge in [0.05, 0.1) is 19.8 Å². The molecule has 1 aromatic heterocycles. The molecule has 0 saturated carbocycles. The smallest absolute Gasteiger partial charge is 0.219 e. The summed E-state index contributed by atoms with van der Waals surface area (Å²) in [4.78, 5) is 27.9. The van der Waals surface area contributed by atoms with Crippen LogP contribution in [-0.2, 0) is 6.61 Å². The summed E-state index contributed by atoms with van der Waals surface area (Å²) in [7, 11) is 3.10. The van der Waals surface area contributed by atoms with Crippen LogP contribution in [-0.4, -0.2) is 41.1 Å². The van der Waals surface area contributed by atoms with Crippen molar-refractivity contribution in [2.75, 3.05) is 14.2 Å². The van der Waals surface area contributed by atoms with Gasteiger partial charge in [0.2, 0.25) is 5.78 Å². The zero-order valence-electron chi connectivity index (χ0n) is 21.9. The molecule has 0 spiro atoms. The Labute approximate surface area is 230 Å². The topological polar surface area (TPSA) is 111 Å². The Kier molecular flexibility index (Phi) is 7.59. The third kappa shape index (κ3) is 5.28. The quantitative estimate of drug-likeness (QED) is 0.217. The minimum Gasteiger partial charge on any atom is -0.507 e. The first kappa shape index (κ1) is 26.2. The van der Waals surface area contributed by atoms with Gasteiger partial charge in [-0.15, -0.1) is 0 Å². The van der Waals surface area contributed by atoms with Crippen molar-refractivity contribution in [2.45, 2.75) is 6.61 Å². The molecule has 0 fully saturated rings. The summed E-state index contributed by atoms with van der Waals surface area (Å²) in [6.07, 6.45) is 0. The Morgan fingerprint density at radius 2 is 1.40 bits per heavy atom. The van der Waals surface area contributed by atoms with E-state index in [1.807, 2.05) is 30.3 Å². The molecule has 4 aromatic carbocycles. The lowest BCUT2D eigenvalue weighted by Gasteiger charge is -2.13. The minimum atomic E-state index is -0.634. The number of aromatic hydroxyl groups is 1. The van der Waals surface area contributed by atoms with Gasteiger partial charge in [-0.05, 0) is 66.2 Å². The molecule has 0 aliphatic rings. The van der Waals surface area contributed by atoms with Crippen molar-refractivity contribution in [3.8, 4) is 34.3 Å². The van der Waals surface area contributed by atoms with Gasteiger partial charge in [-0.1, -0.05) is 36.4 Å². The summed E-state index contributed by atoms with van der Waals surface area (Å²) in [6.45, 7) is 0.183. The number of benzene rings is 4.